The van der Waals surface area contributed by atoms with Gasteiger partial charge in [-0.3, -0.25) is 4.79 Å². The second-order valence-electron chi connectivity index (χ2n) is 7.52. The van der Waals surface area contributed by atoms with Crippen molar-refractivity contribution in [2.75, 3.05) is 39.9 Å². The summed E-state index contributed by atoms with van der Waals surface area (Å²) in [6, 6.07) is 0.393. The molecule has 1 amide bonds. The highest BCUT2D eigenvalue weighted by molar-refractivity contribution is 5.86. The van der Waals surface area contributed by atoms with Crippen LogP contribution in [0.4, 0.5) is 13.2 Å². The number of hydrogen-bond donors (Lipinski definition) is 2. The molecule has 2 saturated heterocycles. The Labute approximate surface area is 167 Å². The smallest absolute Gasteiger partial charge is 0.475 e. The number of carbonyl (C=O) groups excluding carboxylic acids is 1. The molecule has 1 aromatic heterocycles. The van der Waals surface area contributed by atoms with Crippen molar-refractivity contribution in [3.8, 4) is 0 Å². The third kappa shape index (κ3) is 5.08. The molecule has 2 unspecified atom stereocenters. The van der Waals surface area contributed by atoms with Gasteiger partial charge in [-0.25, -0.2) is 9.78 Å². The second-order valence-corrected chi connectivity index (χ2v) is 7.52. The number of aliphatic carboxylic acids is 1. The van der Waals surface area contributed by atoms with Crippen molar-refractivity contribution in [2.45, 2.75) is 38.4 Å². The van der Waals surface area contributed by atoms with Crippen LogP contribution >= 0.6 is 0 Å². The summed E-state index contributed by atoms with van der Waals surface area (Å²) in [7, 11) is 1.68. The number of amides is 1. The van der Waals surface area contributed by atoms with E-state index in [4.69, 9.17) is 14.6 Å². The number of methoxy groups -OCH3 is 1. The van der Waals surface area contributed by atoms with Gasteiger partial charge in [-0.2, -0.15) is 13.2 Å². The number of carboxylic acid groups (broad SMARTS) is 1. The molecule has 1 aromatic rings. The van der Waals surface area contributed by atoms with E-state index in [1.807, 2.05) is 11.2 Å². The first kappa shape index (κ1) is 23.1. The number of imidazole rings is 1. The lowest BCUT2D eigenvalue weighted by atomic mass is 9.75. The van der Waals surface area contributed by atoms with Crippen molar-refractivity contribution >= 4 is 11.9 Å². The van der Waals surface area contributed by atoms with E-state index in [0.29, 0.717) is 19.2 Å². The molecule has 2 atom stereocenters. The average molecular weight is 420 g/mol. The van der Waals surface area contributed by atoms with Crippen LogP contribution in [0.2, 0.25) is 0 Å². The minimum absolute atomic E-state index is 0.174. The van der Waals surface area contributed by atoms with Crippen LogP contribution in [-0.2, 0) is 14.3 Å². The van der Waals surface area contributed by atoms with Crippen LogP contribution in [0.1, 0.15) is 37.9 Å². The Balaban J connectivity index is 0.000000370. The van der Waals surface area contributed by atoms with Crippen LogP contribution in [0.15, 0.2) is 12.5 Å². The van der Waals surface area contributed by atoms with Crippen molar-refractivity contribution in [3.05, 3.63) is 18.2 Å². The fourth-order valence-electron chi connectivity index (χ4n) is 3.72. The lowest BCUT2D eigenvalue weighted by Gasteiger charge is -2.27. The SMILES string of the molecule is COCCN1CCC2(CNCC2c2cn(C(C)C)cn2)C1=O.O=C(O)C(F)(F)F. The van der Waals surface area contributed by atoms with Gasteiger partial charge >= 0.3 is 12.1 Å². The summed E-state index contributed by atoms with van der Waals surface area (Å²) in [6.07, 6.45) is -0.189. The Morgan fingerprint density at radius 1 is 1.48 bits per heavy atom. The van der Waals surface area contributed by atoms with Gasteiger partial charge in [-0.15, -0.1) is 0 Å². The van der Waals surface area contributed by atoms with E-state index in [2.05, 4.69) is 34.9 Å². The number of carboxylic acids is 1. The van der Waals surface area contributed by atoms with E-state index < -0.39 is 12.1 Å². The highest BCUT2D eigenvalue weighted by Crippen LogP contribution is 2.46. The molecule has 3 heterocycles. The zero-order valence-electron chi connectivity index (χ0n) is 16.7. The van der Waals surface area contributed by atoms with Crippen molar-refractivity contribution < 1.29 is 32.6 Å². The van der Waals surface area contributed by atoms with Crippen LogP contribution in [0.25, 0.3) is 0 Å². The van der Waals surface area contributed by atoms with Gasteiger partial charge in [0, 0.05) is 51.4 Å². The minimum atomic E-state index is -5.08. The van der Waals surface area contributed by atoms with Crippen LogP contribution in [-0.4, -0.2) is 77.5 Å². The first-order chi connectivity index (χ1) is 13.5. The lowest BCUT2D eigenvalue weighted by Crippen LogP contribution is -2.40. The Bertz CT molecular complexity index is 722. The quantitative estimate of drug-likeness (QED) is 0.752. The predicted molar refractivity (Wildman–Crippen MR) is 97.4 cm³/mol. The minimum Gasteiger partial charge on any atom is -0.475 e. The summed E-state index contributed by atoms with van der Waals surface area (Å²) in [6.45, 7) is 7.98. The molecule has 2 fully saturated rings. The van der Waals surface area contributed by atoms with E-state index >= 15 is 0 Å². The summed E-state index contributed by atoms with van der Waals surface area (Å²) in [4.78, 5) is 28.4. The van der Waals surface area contributed by atoms with Gasteiger partial charge in [0.2, 0.25) is 5.91 Å². The molecular weight excluding hydrogens is 393 g/mol. The lowest BCUT2D eigenvalue weighted by molar-refractivity contribution is -0.192. The maximum absolute atomic E-state index is 13.0. The molecule has 0 saturated carbocycles. The Morgan fingerprint density at radius 3 is 2.66 bits per heavy atom. The van der Waals surface area contributed by atoms with Crippen molar-refractivity contribution in [3.63, 3.8) is 0 Å². The molecule has 3 rings (SSSR count). The standard InChI is InChI=1S/C16H26N4O2.C2HF3O2/c1-12(2)20-9-14(18-11-20)13-8-17-10-16(13)4-5-19(15(16)21)6-7-22-3;3-2(4,5)1(6)7/h9,11-13,17H,4-8,10H2,1-3H3;(H,6,7). The molecule has 0 aromatic carbocycles. The molecule has 2 aliphatic rings. The first-order valence-corrected chi connectivity index (χ1v) is 9.35. The topological polar surface area (TPSA) is 96.7 Å². The number of carbonyl (C=O) groups is 2. The monoisotopic (exact) mass is 420 g/mol. The first-order valence-electron chi connectivity index (χ1n) is 9.35. The zero-order chi connectivity index (χ0) is 21.8. The molecule has 0 aliphatic carbocycles. The Kier molecular flexibility index (Phi) is 7.28. The number of ether oxygens (including phenoxy) is 1. The molecule has 29 heavy (non-hydrogen) atoms. The van der Waals surface area contributed by atoms with Gasteiger partial charge in [0.05, 0.1) is 24.0 Å². The van der Waals surface area contributed by atoms with E-state index in [1.54, 1.807) is 7.11 Å². The van der Waals surface area contributed by atoms with Gasteiger partial charge < -0.3 is 24.6 Å². The Hall–Kier alpha value is -2.14. The van der Waals surface area contributed by atoms with Crippen LogP contribution in [0.3, 0.4) is 0 Å². The van der Waals surface area contributed by atoms with E-state index in [0.717, 1.165) is 31.7 Å². The summed E-state index contributed by atoms with van der Waals surface area (Å²) in [5, 5.41) is 10.5. The molecule has 2 aliphatic heterocycles. The molecule has 8 nitrogen and oxygen atoms in total. The number of aromatic nitrogens is 2. The number of rotatable bonds is 5. The zero-order valence-corrected chi connectivity index (χ0v) is 16.7. The number of nitrogens with one attached hydrogen (secondary N) is 1. The van der Waals surface area contributed by atoms with Crippen LogP contribution in [0, 0.1) is 5.41 Å². The highest BCUT2D eigenvalue weighted by atomic mass is 19.4. The fourth-order valence-corrected chi connectivity index (χ4v) is 3.72. The van der Waals surface area contributed by atoms with E-state index in [-0.39, 0.29) is 17.2 Å². The predicted octanol–water partition coefficient (Wildman–Crippen LogP) is 1.65. The summed E-state index contributed by atoms with van der Waals surface area (Å²) >= 11 is 0. The number of halogens is 3. The third-order valence-corrected chi connectivity index (χ3v) is 5.38. The van der Waals surface area contributed by atoms with Crippen molar-refractivity contribution in [2.24, 2.45) is 5.41 Å². The summed E-state index contributed by atoms with van der Waals surface area (Å²) in [5.74, 6) is -2.32. The summed E-state index contributed by atoms with van der Waals surface area (Å²) < 4.78 is 39.0. The highest BCUT2D eigenvalue weighted by Gasteiger charge is 2.55. The van der Waals surface area contributed by atoms with Gasteiger partial charge in [-0.1, -0.05) is 0 Å². The van der Waals surface area contributed by atoms with Gasteiger partial charge in [0.1, 0.15) is 0 Å². The molecule has 0 bridgehead atoms. The average Bonchev–Trinajstić information content (AvgIpc) is 3.34. The molecular formula is C18H27F3N4O4. The molecule has 2 N–H and O–H groups in total. The maximum Gasteiger partial charge on any atom is 0.490 e. The summed E-state index contributed by atoms with van der Waals surface area (Å²) in [5.41, 5.74) is 0.727. The number of nitrogens with zero attached hydrogens (tertiary/aromatic N) is 3. The number of likely N-dealkylation sites (tertiary alicyclic amines) is 1. The Morgan fingerprint density at radius 2 is 2.14 bits per heavy atom. The maximum atomic E-state index is 13.0. The van der Waals surface area contributed by atoms with E-state index in [1.165, 1.54) is 0 Å². The van der Waals surface area contributed by atoms with Crippen LogP contribution in [0.5, 0.6) is 0 Å². The van der Waals surface area contributed by atoms with Gasteiger partial charge in [-0.05, 0) is 20.3 Å². The molecule has 11 heteroatoms. The molecule has 164 valence electrons. The number of hydrogen-bond acceptors (Lipinski definition) is 5. The largest absolute Gasteiger partial charge is 0.490 e. The molecule has 0 radical (unpaired) electrons. The third-order valence-electron chi connectivity index (χ3n) is 5.38. The second kappa shape index (κ2) is 9.12. The van der Waals surface area contributed by atoms with Crippen LogP contribution < -0.4 is 5.32 Å². The normalized spacial score (nSPS) is 24.3. The molecule has 1 spiro atoms. The van der Waals surface area contributed by atoms with Gasteiger partial charge in [0.15, 0.2) is 0 Å². The van der Waals surface area contributed by atoms with Crippen molar-refractivity contribution in [1.82, 2.24) is 19.8 Å². The van der Waals surface area contributed by atoms with Gasteiger partial charge in [0.25, 0.3) is 0 Å². The number of alkyl halides is 3. The van der Waals surface area contributed by atoms with E-state index in [9.17, 15) is 18.0 Å². The van der Waals surface area contributed by atoms with Crippen molar-refractivity contribution in [1.29, 1.82) is 0 Å². The fraction of sp³-hybridized carbons (Fsp3) is 0.722.